The van der Waals surface area contributed by atoms with Crippen molar-refractivity contribution in [1.29, 1.82) is 0 Å². The third kappa shape index (κ3) is 9.65. The summed E-state index contributed by atoms with van der Waals surface area (Å²) in [5, 5.41) is 0.294. The summed E-state index contributed by atoms with van der Waals surface area (Å²) in [6.07, 6.45) is 8.09. The van der Waals surface area contributed by atoms with Gasteiger partial charge in [-0.05, 0) is 87.2 Å². The Bertz CT molecular complexity index is 2550. The Morgan fingerprint density at radius 1 is 0.750 bits per heavy atom. The van der Waals surface area contributed by atoms with Crippen molar-refractivity contribution < 1.29 is 61.2 Å². The molecule has 0 aromatic heterocycles. The summed E-state index contributed by atoms with van der Waals surface area (Å²) in [5.74, 6) is -0.517. The molecule has 0 spiro atoms. The monoisotopic (exact) mass is 875 g/mol. The SMILES string of the molecule is CC1(C)C(/C=C/C2=C(Cl)C(=C/C=C3\N(CCCCS(=O)(=O)O)c4ccc(S(=O)(=O)O)cc4C3(C)C)/OC2)=[N+](CCCCS(=O)(=O)O)c2ccc(S(=O)(=O)O)cc21. The molecule has 0 fully saturated rings. The molecule has 0 unspecified atom stereocenters. The van der Waals surface area contributed by atoms with Gasteiger partial charge in [0, 0.05) is 53.0 Å². The number of fused-ring (bicyclic) bond motifs is 2. The van der Waals surface area contributed by atoms with Crippen molar-refractivity contribution in [1.82, 2.24) is 0 Å². The third-order valence-electron chi connectivity index (χ3n) is 10.1. The zero-order valence-electron chi connectivity index (χ0n) is 31.0. The molecular formula is C36H44ClN2O13S4+. The summed E-state index contributed by atoms with van der Waals surface area (Å²) >= 11 is 6.86. The van der Waals surface area contributed by atoms with Crippen molar-refractivity contribution in [3.63, 3.8) is 0 Å². The molecule has 0 saturated heterocycles. The number of halogens is 1. The summed E-state index contributed by atoms with van der Waals surface area (Å²) in [4.78, 5) is 1.36. The van der Waals surface area contributed by atoms with E-state index < -0.39 is 62.8 Å². The second-order valence-corrected chi connectivity index (χ2v) is 21.1. The van der Waals surface area contributed by atoms with Crippen LogP contribution in [-0.2, 0) is 56.0 Å². The Balaban J connectivity index is 1.49. The average molecular weight is 876 g/mol. The van der Waals surface area contributed by atoms with Crippen molar-refractivity contribution in [3.8, 4) is 0 Å². The van der Waals surface area contributed by atoms with Crippen LogP contribution in [0.2, 0.25) is 0 Å². The van der Waals surface area contributed by atoms with E-state index in [1.807, 2.05) is 43.2 Å². The van der Waals surface area contributed by atoms with E-state index in [1.165, 1.54) is 24.3 Å². The number of ether oxygens (including phenoxy) is 1. The molecular weight excluding hydrogens is 832 g/mol. The number of anilines is 1. The maximum absolute atomic E-state index is 12.0. The predicted octanol–water partition coefficient (Wildman–Crippen LogP) is 5.54. The molecule has 56 heavy (non-hydrogen) atoms. The van der Waals surface area contributed by atoms with Crippen LogP contribution in [0.3, 0.4) is 0 Å². The maximum atomic E-state index is 12.0. The minimum Gasteiger partial charge on any atom is -0.487 e. The van der Waals surface area contributed by atoms with Crippen molar-refractivity contribution in [2.75, 3.05) is 36.1 Å². The molecule has 306 valence electrons. The van der Waals surface area contributed by atoms with Crippen molar-refractivity contribution >= 4 is 69.2 Å². The Labute approximate surface area is 332 Å². The lowest BCUT2D eigenvalue weighted by molar-refractivity contribution is -0.438. The molecule has 0 amide bonds. The highest BCUT2D eigenvalue weighted by Gasteiger charge is 2.45. The largest absolute Gasteiger partial charge is 0.487 e. The highest BCUT2D eigenvalue weighted by atomic mass is 35.5. The third-order valence-corrected chi connectivity index (χ3v) is 13.8. The van der Waals surface area contributed by atoms with Gasteiger partial charge in [0.15, 0.2) is 5.71 Å². The van der Waals surface area contributed by atoms with E-state index in [0.717, 1.165) is 5.71 Å². The van der Waals surface area contributed by atoms with Gasteiger partial charge in [-0.25, -0.2) is 0 Å². The van der Waals surface area contributed by atoms with Gasteiger partial charge in [0.2, 0.25) is 5.69 Å². The second kappa shape index (κ2) is 15.7. The molecule has 5 rings (SSSR count). The zero-order chi connectivity index (χ0) is 41.6. The van der Waals surface area contributed by atoms with E-state index in [0.29, 0.717) is 70.5 Å². The molecule has 0 saturated carbocycles. The van der Waals surface area contributed by atoms with Crippen LogP contribution in [-0.4, -0.2) is 93.4 Å². The summed E-state index contributed by atoms with van der Waals surface area (Å²) in [6.45, 7) is 8.24. The van der Waals surface area contributed by atoms with Gasteiger partial charge in [-0.2, -0.15) is 38.2 Å². The fourth-order valence-corrected chi connectivity index (χ4v) is 9.62. The first-order valence-corrected chi connectivity index (χ1v) is 23.9. The average Bonchev–Trinajstić information content (AvgIpc) is 3.60. The predicted molar refractivity (Wildman–Crippen MR) is 211 cm³/mol. The Hall–Kier alpha value is -3.40. The van der Waals surface area contributed by atoms with Gasteiger partial charge in [-0.3, -0.25) is 18.2 Å². The number of nitrogens with zero attached hydrogens (tertiary/aromatic N) is 2. The summed E-state index contributed by atoms with van der Waals surface area (Å²) in [7, 11) is -17.3. The number of hydrogen-bond acceptors (Lipinski definition) is 10. The summed E-state index contributed by atoms with van der Waals surface area (Å²) in [5.41, 5.74) is 2.98. The number of unbranched alkanes of at least 4 members (excludes halogenated alkanes) is 2. The lowest BCUT2D eigenvalue weighted by atomic mass is 9.81. The van der Waals surface area contributed by atoms with E-state index in [9.17, 15) is 51.9 Å². The van der Waals surface area contributed by atoms with Crippen molar-refractivity contribution in [2.24, 2.45) is 0 Å². The van der Waals surface area contributed by atoms with Crippen LogP contribution >= 0.6 is 11.6 Å². The summed E-state index contributed by atoms with van der Waals surface area (Å²) < 4.78 is 139. The van der Waals surface area contributed by atoms with Gasteiger partial charge in [-0.15, -0.1) is 0 Å². The zero-order valence-corrected chi connectivity index (χ0v) is 35.0. The van der Waals surface area contributed by atoms with Crippen LogP contribution in [0.25, 0.3) is 0 Å². The Morgan fingerprint density at radius 3 is 1.91 bits per heavy atom. The van der Waals surface area contributed by atoms with Gasteiger partial charge in [-0.1, -0.05) is 25.4 Å². The highest BCUT2D eigenvalue weighted by molar-refractivity contribution is 7.86. The standard InChI is InChI=1S/C36H43ClN2O13S4/c1-35(2)27-21-25(55(46,47)48)10-12-29(27)38(17-5-7-19-53(40,41)42)32(35)15-9-24-23-52-31(34(24)37)14-16-33-36(3,4)28-22-26(56(49,50)51)11-13-30(28)39(33)18-6-8-20-54(43,44)45/h9-16,21-22H,5-8,17-20,23H2,1-4H3,(H3-,40,41,42,43,44,45,46,47,48,49,50,51)/p+1. The molecule has 2 aromatic rings. The number of allylic oxidation sites excluding steroid dienone is 5. The van der Waals surface area contributed by atoms with Crippen LogP contribution in [0.4, 0.5) is 11.4 Å². The minimum absolute atomic E-state index is 0.0902. The van der Waals surface area contributed by atoms with Crippen LogP contribution in [0.15, 0.2) is 92.6 Å². The van der Waals surface area contributed by atoms with Gasteiger partial charge in [0.1, 0.15) is 18.9 Å². The number of hydrogen-bond donors (Lipinski definition) is 4. The highest BCUT2D eigenvalue weighted by Crippen LogP contribution is 2.49. The van der Waals surface area contributed by atoms with Crippen molar-refractivity contribution in [3.05, 3.63) is 93.9 Å². The maximum Gasteiger partial charge on any atom is 0.294 e. The minimum atomic E-state index is -4.51. The smallest absolute Gasteiger partial charge is 0.294 e. The topological polar surface area (TPSA) is 233 Å². The van der Waals surface area contributed by atoms with Gasteiger partial charge < -0.3 is 9.64 Å². The molecule has 3 heterocycles. The molecule has 2 aromatic carbocycles. The van der Waals surface area contributed by atoms with Crippen molar-refractivity contribution in [2.45, 2.75) is 74.0 Å². The first-order valence-electron chi connectivity index (χ1n) is 17.4. The van der Waals surface area contributed by atoms with E-state index in [4.69, 9.17) is 16.3 Å². The van der Waals surface area contributed by atoms with Crippen LogP contribution in [0, 0.1) is 0 Å². The lowest BCUT2D eigenvalue weighted by Crippen LogP contribution is -2.28. The molecule has 0 bridgehead atoms. The molecule has 0 atom stereocenters. The molecule has 0 aliphatic carbocycles. The summed E-state index contributed by atoms with van der Waals surface area (Å²) in [6, 6.07) is 8.52. The Kier molecular flexibility index (Phi) is 12.3. The number of rotatable bonds is 15. The van der Waals surface area contributed by atoms with Gasteiger partial charge in [0.05, 0.1) is 31.7 Å². The second-order valence-electron chi connectivity index (χ2n) is 14.8. The molecule has 15 nitrogen and oxygen atoms in total. The lowest BCUT2D eigenvalue weighted by Gasteiger charge is -2.27. The van der Waals surface area contributed by atoms with Crippen LogP contribution < -0.4 is 4.90 Å². The fourth-order valence-electron chi connectivity index (χ4n) is 7.24. The molecule has 0 radical (unpaired) electrons. The van der Waals surface area contributed by atoms with E-state index in [2.05, 4.69) is 0 Å². The molecule has 3 aliphatic rings. The number of benzene rings is 2. The van der Waals surface area contributed by atoms with Gasteiger partial charge >= 0.3 is 0 Å². The first-order chi connectivity index (χ1) is 25.7. The van der Waals surface area contributed by atoms with Gasteiger partial charge in [0.25, 0.3) is 40.5 Å². The Morgan fingerprint density at radius 2 is 1.32 bits per heavy atom. The van der Waals surface area contributed by atoms with E-state index >= 15 is 0 Å². The molecule has 3 aliphatic heterocycles. The first kappa shape index (κ1) is 43.7. The molecule has 4 N–H and O–H groups in total. The quantitative estimate of drug-likeness (QED) is 0.0979. The van der Waals surface area contributed by atoms with Crippen LogP contribution in [0.5, 0.6) is 0 Å². The normalized spacial score (nSPS) is 19.8. The van der Waals surface area contributed by atoms with Crippen LogP contribution in [0.1, 0.15) is 64.5 Å². The van der Waals surface area contributed by atoms with E-state index in [1.54, 1.807) is 30.4 Å². The molecule has 20 heteroatoms. The van der Waals surface area contributed by atoms with E-state index in [-0.39, 0.29) is 29.2 Å². The fraction of sp³-hybridized carbons (Fsp3) is 0.417.